The standard InChI is InChI=1S/C19H19F3N4O2S2/c1-26(2)11-12-4-3-5-14(20)13(12)10-23-15-6-7-16(19(22)18(15)21)30(27,28)25-17-8-9-29-24-17/h3-9,23H,10-11H2,1-2H3,(H,24,25). The van der Waals surface area contributed by atoms with Crippen molar-refractivity contribution in [2.45, 2.75) is 18.0 Å². The highest BCUT2D eigenvalue weighted by Gasteiger charge is 2.24. The smallest absolute Gasteiger partial charge is 0.266 e. The van der Waals surface area contributed by atoms with E-state index in [1.807, 2.05) is 19.0 Å². The number of anilines is 2. The molecule has 3 rings (SSSR count). The van der Waals surface area contributed by atoms with E-state index >= 15 is 0 Å². The van der Waals surface area contributed by atoms with Crippen molar-refractivity contribution < 1.29 is 21.6 Å². The van der Waals surface area contributed by atoms with Crippen LogP contribution >= 0.6 is 11.5 Å². The molecular formula is C19H19F3N4O2S2. The first-order valence-corrected chi connectivity index (χ1v) is 11.1. The van der Waals surface area contributed by atoms with E-state index in [1.165, 1.54) is 17.5 Å². The average Bonchev–Trinajstić information content (AvgIpc) is 3.16. The molecular weight excluding hydrogens is 437 g/mol. The zero-order valence-electron chi connectivity index (χ0n) is 16.1. The SMILES string of the molecule is CN(C)Cc1cccc(F)c1CNc1ccc(S(=O)(=O)Nc2ccsn2)c(F)c1F. The molecule has 0 saturated carbocycles. The maximum absolute atomic E-state index is 14.5. The Hall–Kier alpha value is -2.63. The summed E-state index contributed by atoms with van der Waals surface area (Å²) in [6.45, 7) is 0.362. The van der Waals surface area contributed by atoms with Crippen LogP contribution in [0.4, 0.5) is 24.7 Å². The Balaban J connectivity index is 1.84. The highest BCUT2D eigenvalue weighted by atomic mass is 32.2. The summed E-state index contributed by atoms with van der Waals surface area (Å²) in [6.07, 6.45) is 0. The fourth-order valence-corrected chi connectivity index (χ4v) is 4.41. The Morgan fingerprint density at radius 3 is 2.50 bits per heavy atom. The van der Waals surface area contributed by atoms with E-state index in [0.717, 1.165) is 23.7 Å². The van der Waals surface area contributed by atoms with Crippen LogP contribution in [0.5, 0.6) is 0 Å². The largest absolute Gasteiger partial charge is 0.378 e. The molecule has 0 saturated heterocycles. The first-order chi connectivity index (χ1) is 14.2. The van der Waals surface area contributed by atoms with E-state index in [4.69, 9.17) is 0 Å². The minimum atomic E-state index is -4.36. The number of nitrogens with zero attached hydrogens (tertiary/aromatic N) is 2. The lowest BCUT2D eigenvalue weighted by atomic mass is 10.1. The van der Waals surface area contributed by atoms with Crippen LogP contribution in [0, 0.1) is 17.5 Å². The first kappa shape index (κ1) is 22.1. The van der Waals surface area contributed by atoms with Gasteiger partial charge in [0.05, 0.1) is 5.69 Å². The maximum atomic E-state index is 14.5. The number of nitrogens with one attached hydrogen (secondary N) is 2. The van der Waals surface area contributed by atoms with E-state index in [9.17, 15) is 21.6 Å². The van der Waals surface area contributed by atoms with Crippen molar-refractivity contribution in [2.24, 2.45) is 0 Å². The predicted octanol–water partition coefficient (Wildman–Crippen LogP) is 4.03. The summed E-state index contributed by atoms with van der Waals surface area (Å²) in [4.78, 5) is 1.01. The minimum absolute atomic E-state index is 0.00924. The van der Waals surface area contributed by atoms with Gasteiger partial charge in [0.2, 0.25) is 0 Å². The summed E-state index contributed by atoms with van der Waals surface area (Å²) in [5, 5.41) is 4.19. The second-order valence-electron chi connectivity index (χ2n) is 6.70. The van der Waals surface area contributed by atoms with Crippen molar-refractivity contribution in [2.75, 3.05) is 24.1 Å². The first-order valence-electron chi connectivity index (χ1n) is 8.75. The molecule has 0 bridgehead atoms. The number of sulfonamides is 1. The highest BCUT2D eigenvalue weighted by Crippen LogP contribution is 2.26. The van der Waals surface area contributed by atoms with Gasteiger partial charge in [0, 0.05) is 24.0 Å². The van der Waals surface area contributed by atoms with Gasteiger partial charge >= 0.3 is 0 Å². The van der Waals surface area contributed by atoms with Crippen LogP contribution < -0.4 is 10.0 Å². The maximum Gasteiger partial charge on any atom is 0.266 e. The van der Waals surface area contributed by atoms with Crippen molar-refractivity contribution in [1.82, 2.24) is 9.27 Å². The lowest BCUT2D eigenvalue weighted by Gasteiger charge is -2.16. The van der Waals surface area contributed by atoms with E-state index in [-0.39, 0.29) is 18.1 Å². The number of hydrogen-bond acceptors (Lipinski definition) is 6. The van der Waals surface area contributed by atoms with Crippen LogP contribution in [-0.2, 0) is 23.1 Å². The number of halogens is 3. The quantitative estimate of drug-likeness (QED) is 0.535. The zero-order valence-corrected chi connectivity index (χ0v) is 17.7. The van der Waals surface area contributed by atoms with Crippen LogP contribution in [0.15, 0.2) is 46.7 Å². The van der Waals surface area contributed by atoms with Crippen molar-refractivity contribution in [1.29, 1.82) is 0 Å². The highest BCUT2D eigenvalue weighted by molar-refractivity contribution is 7.92. The number of rotatable bonds is 8. The molecule has 2 N–H and O–H groups in total. The molecule has 0 unspecified atom stereocenters. The Bertz CT molecular complexity index is 1140. The summed E-state index contributed by atoms with van der Waals surface area (Å²) in [6, 6.07) is 8.04. The van der Waals surface area contributed by atoms with Crippen LogP contribution in [0.25, 0.3) is 0 Å². The molecule has 0 fully saturated rings. The second kappa shape index (κ2) is 9.02. The van der Waals surface area contributed by atoms with Crippen LogP contribution in [0.2, 0.25) is 0 Å². The molecule has 0 radical (unpaired) electrons. The van der Waals surface area contributed by atoms with Gasteiger partial charge in [-0.1, -0.05) is 12.1 Å². The molecule has 1 heterocycles. The van der Waals surface area contributed by atoms with Gasteiger partial charge in [0.15, 0.2) is 17.5 Å². The Kier molecular flexibility index (Phi) is 6.64. The minimum Gasteiger partial charge on any atom is -0.378 e. The van der Waals surface area contributed by atoms with Crippen LogP contribution in [0.3, 0.4) is 0 Å². The zero-order chi connectivity index (χ0) is 21.9. The fraction of sp³-hybridized carbons (Fsp3) is 0.211. The van der Waals surface area contributed by atoms with Gasteiger partial charge in [-0.15, -0.1) is 0 Å². The average molecular weight is 457 g/mol. The number of benzene rings is 2. The number of hydrogen-bond donors (Lipinski definition) is 2. The molecule has 0 amide bonds. The molecule has 0 spiro atoms. The van der Waals surface area contributed by atoms with E-state index < -0.39 is 32.4 Å². The van der Waals surface area contributed by atoms with Crippen molar-refractivity contribution in [3.63, 3.8) is 0 Å². The Morgan fingerprint density at radius 2 is 1.83 bits per heavy atom. The molecule has 11 heteroatoms. The summed E-state index contributed by atoms with van der Waals surface area (Å²) in [7, 11) is -0.703. The Morgan fingerprint density at radius 1 is 1.07 bits per heavy atom. The summed E-state index contributed by atoms with van der Waals surface area (Å²) >= 11 is 1.01. The summed E-state index contributed by atoms with van der Waals surface area (Å²) in [5.41, 5.74) is 0.729. The molecule has 30 heavy (non-hydrogen) atoms. The van der Waals surface area contributed by atoms with E-state index in [1.54, 1.807) is 12.1 Å². The molecule has 1 aromatic heterocycles. The second-order valence-corrected chi connectivity index (χ2v) is 9.01. The Labute approximate surface area is 176 Å². The van der Waals surface area contributed by atoms with E-state index in [2.05, 4.69) is 14.4 Å². The third-order valence-electron chi connectivity index (χ3n) is 4.17. The van der Waals surface area contributed by atoms with Crippen molar-refractivity contribution >= 4 is 33.1 Å². The monoisotopic (exact) mass is 456 g/mol. The molecule has 0 aliphatic rings. The summed E-state index contributed by atoms with van der Waals surface area (Å²) in [5.74, 6) is -3.38. The lowest BCUT2D eigenvalue weighted by Crippen LogP contribution is -2.17. The molecule has 0 aliphatic heterocycles. The normalized spacial score (nSPS) is 11.7. The number of aromatic nitrogens is 1. The molecule has 3 aromatic rings. The van der Waals surface area contributed by atoms with Crippen LogP contribution in [0.1, 0.15) is 11.1 Å². The lowest BCUT2D eigenvalue weighted by molar-refractivity contribution is 0.399. The topological polar surface area (TPSA) is 74.3 Å². The van der Waals surface area contributed by atoms with Crippen molar-refractivity contribution in [3.05, 3.63) is 70.4 Å². The molecule has 0 atom stereocenters. The van der Waals surface area contributed by atoms with Gasteiger partial charge in [-0.3, -0.25) is 4.72 Å². The predicted molar refractivity (Wildman–Crippen MR) is 110 cm³/mol. The molecule has 2 aromatic carbocycles. The summed E-state index contributed by atoms with van der Waals surface area (Å²) < 4.78 is 73.8. The van der Waals surface area contributed by atoms with Gasteiger partial charge in [-0.05, 0) is 55.5 Å². The van der Waals surface area contributed by atoms with Gasteiger partial charge < -0.3 is 10.2 Å². The van der Waals surface area contributed by atoms with Gasteiger partial charge in [0.25, 0.3) is 10.0 Å². The molecule has 6 nitrogen and oxygen atoms in total. The van der Waals surface area contributed by atoms with Crippen LogP contribution in [-0.4, -0.2) is 31.8 Å². The fourth-order valence-electron chi connectivity index (χ4n) is 2.81. The van der Waals surface area contributed by atoms with Gasteiger partial charge in [-0.25, -0.2) is 21.6 Å². The van der Waals surface area contributed by atoms with E-state index in [0.29, 0.717) is 17.7 Å². The third kappa shape index (κ3) is 4.91. The van der Waals surface area contributed by atoms with Gasteiger partial charge in [0.1, 0.15) is 10.7 Å². The third-order valence-corrected chi connectivity index (χ3v) is 6.10. The van der Waals surface area contributed by atoms with Gasteiger partial charge in [-0.2, -0.15) is 4.37 Å². The molecule has 160 valence electrons. The molecule has 0 aliphatic carbocycles. The van der Waals surface area contributed by atoms with Crippen molar-refractivity contribution in [3.8, 4) is 0 Å².